The number of nitrogens with zero attached hydrogens (tertiary/aromatic N) is 1. The van der Waals surface area contributed by atoms with Gasteiger partial charge >= 0.3 is 0 Å². The van der Waals surface area contributed by atoms with Gasteiger partial charge in [0, 0.05) is 18.0 Å². The number of hydroxylamine groups is 1. The highest BCUT2D eigenvalue weighted by Gasteiger charge is 2.47. The molecule has 1 amide bonds. The van der Waals surface area contributed by atoms with Crippen molar-refractivity contribution in [1.29, 1.82) is 0 Å². The van der Waals surface area contributed by atoms with Crippen LogP contribution in [0.4, 0.5) is 0 Å². The molecule has 220 valence electrons. The molecule has 0 saturated carbocycles. The van der Waals surface area contributed by atoms with Crippen molar-refractivity contribution < 1.29 is 27.9 Å². The quantitative estimate of drug-likeness (QED) is 0.166. The van der Waals surface area contributed by atoms with Crippen molar-refractivity contribution in [3.05, 3.63) is 88.9 Å². The highest BCUT2D eigenvalue weighted by Crippen LogP contribution is 2.32. The van der Waals surface area contributed by atoms with Gasteiger partial charge in [-0.2, -0.15) is 0 Å². The average molecular weight is 601 g/mol. The molecule has 0 aliphatic carbocycles. The molecule has 1 aliphatic heterocycles. The van der Waals surface area contributed by atoms with Gasteiger partial charge in [0.25, 0.3) is 5.91 Å². The predicted molar refractivity (Wildman–Crippen MR) is 159 cm³/mol. The molecule has 0 bridgehead atoms. The lowest BCUT2D eigenvalue weighted by Crippen LogP contribution is -2.51. The van der Waals surface area contributed by atoms with Crippen molar-refractivity contribution in [3.8, 4) is 11.5 Å². The molecular weight excluding hydrogens is 564 g/mol. The Kier molecular flexibility index (Phi) is 10.3. The van der Waals surface area contributed by atoms with Crippen LogP contribution >= 0.6 is 11.6 Å². The van der Waals surface area contributed by atoms with Gasteiger partial charge in [-0.1, -0.05) is 35.9 Å². The number of amides is 1. The van der Waals surface area contributed by atoms with Crippen molar-refractivity contribution >= 4 is 27.3 Å². The van der Waals surface area contributed by atoms with Crippen LogP contribution in [0.3, 0.4) is 0 Å². The lowest BCUT2D eigenvalue weighted by Gasteiger charge is -2.32. The Morgan fingerprint density at radius 2 is 1.71 bits per heavy atom. The third-order valence-corrected chi connectivity index (χ3v) is 10.4. The average Bonchev–Trinajstić information content (AvgIpc) is 2.99. The number of nitrogens with one attached hydrogen (secondary N) is 1. The van der Waals surface area contributed by atoms with E-state index in [9.17, 15) is 18.4 Å². The molecule has 3 aromatic rings. The number of halogens is 1. The number of ether oxygens (including phenoxy) is 2. The van der Waals surface area contributed by atoms with Gasteiger partial charge in [-0.25, -0.2) is 13.9 Å². The molecule has 41 heavy (non-hydrogen) atoms. The topological polar surface area (TPSA) is 105 Å². The first-order chi connectivity index (χ1) is 19.7. The summed E-state index contributed by atoms with van der Waals surface area (Å²) in [6, 6.07) is 21.0. The number of hydrogen-bond donors (Lipinski definition) is 2. The monoisotopic (exact) mass is 600 g/mol. The number of benzene rings is 3. The van der Waals surface area contributed by atoms with Gasteiger partial charge in [-0.15, -0.1) is 0 Å². The number of hydrogen-bond acceptors (Lipinski definition) is 7. The van der Waals surface area contributed by atoms with Crippen molar-refractivity contribution in [2.24, 2.45) is 0 Å². The molecule has 1 fully saturated rings. The summed E-state index contributed by atoms with van der Waals surface area (Å²) in [7, 11) is -2.68. The summed E-state index contributed by atoms with van der Waals surface area (Å²) in [5, 5.41) is 10.2. The normalized spacial score (nSPS) is 16.1. The minimum atomic E-state index is -4.16. The van der Waals surface area contributed by atoms with Crippen LogP contribution in [0.25, 0.3) is 0 Å². The van der Waals surface area contributed by atoms with Gasteiger partial charge in [-0.05, 0) is 105 Å². The Bertz CT molecular complexity index is 1410. The van der Waals surface area contributed by atoms with Crippen LogP contribution in [-0.4, -0.2) is 62.5 Å². The first kappa shape index (κ1) is 30.8. The summed E-state index contributed by atoms with van der Waals surface area (Å²) in [5.74, 6) is 0.701. The molecule has 2 N–H and O–H groups in total. The van der Waals surface area contributed by atoms with Gasteiger partial charge in [0.1, 0.15) is 11.5 Å². The highest BCUT2D eigenvalue weighted by atomic mass is 35.5. The third-order valence-electron chi connectivity index (χ3n) is 7.80. The van der Waals surface area contributed by atoms with Crippen LogP contribution in [0, 0.1) is 0 Å². The zero-order valence-electron chi connectivity index (χ0n) is 23.4. The fourth-order valence-corrected chi connectivity index (χ4v) is 7.11. The molecule has 3 aromatic carbocycles. The third kappa shape index (κ3) is 7.40. The van der Waals surface area contributed by atoms with E-state index in [2.05, 4.69) is 17.0 Å². The Labute approximate surface area is 247 Å². The summed E-state index contributed by atoms with van der Waals surface area (Å²) in [5.41, 5.74) is 3.47. The standard InChI is InChI=1S/C31H37ClN2O6S/c1-31(30(35)33-36,41(37,38)29-13-11-27(39-2)12-14-29)22-23-7-9-28(10-8-23)40-20-4-17-34-18-15-24(16-19-34)25-5-3-6-26(32)21-25/h3,5-14,21,24,36H,4,15-20,22H2,1-2H3,(H,33,35). The second-order valence-corrected chi connectivity index (χ2v) is 13.4. The SMILES string of the molecule is COc1ccc(S(=O)(=O)C(C)(Cc2ccc(OCCCN3CCC(c4cccc(Cl)c4)CC3)cc2)C(=O)NO)cc1. The molecule has 1 atom stereocenters. The smallest absolute Gasteiger partial charge is 0.265 e. The minimum absolute atomic E-state index is 0.0435. The summed E-state index contributed by atoms with van der Waals surface area (Å²) < 4.78 is 36.1. The maximum atomic E-state index is 13.5. The minimum Gasteiger partial charge on any atom is -0.497 e. The van der Waals surface area contributed by atoms with Crippen LogP contribution in [0.5, 0.6) is 11.5 Å². The number of rotatable bonds is 12. The van der Waals surface area contributed by atoms with E-state index in [1.807, 2.05) is 12.1 Å². The molecule has 1 saturated heterocycles. The van der Waals surface area contributed by atoms with Crippen molar-refractivity contribution in [2.45, 2.75) is 48.2 Å². The summed E-state index contributed by atoms with van der Waals surface area (Å²) in [4.78, 5) is 15.1. The van der Waals surface area contributed by atoms with Crippen molar-refractivity contribution in [2.75, 3.05) is 33.4 Å². The highest BCUT2D eigenvalue weighted by molar-refractivity contribution is 7.93. The van der Waals surface area contributed by atoms with E-state index in [0.29, 0.717) is 29.6 Å². The molecule has 0 aromatic heterocycles. The number of carbonyl (C=O) groups excluding carboxylic acids is 1. The van der Waals surface area contributed by atoms with Crippen LogP contribution in [-0.2, 0) is 21.1 Å². The second kappa shape index (κ2) is 13.7. The van der Waals surface area contributed by atoms with E-state index >= 15 is 0 Å². The van der Waals surface area contributed by atoms with E-state index in [1.54, 1.807) is 24.3 Å². The van der Waals surface area contributed by atoms with Gasteiger partial charge < -0.3 is 14.4 Å². The molecule has 1 aliphatic rings. The zero-order valence-corrected chi connectivity index (χ0v) is 25.0. The number of methoxy groups -OCH3 is 1. The lowest BCUT2D eigenvalue weighted by atomic mass is 9.89. The Morgan fingerprint density at radius 3 is 2.32 bits per heavy atom. The Morgan fingerprint density at radius 1 is 1.05 bits per heavy atom. The van der Waals surface area contributed by atoms with Gasteiger partial charge in [0.2, 0.25) is 0 Å². The van der Waals surface area contributed by atoms with Crippen LogP contribution in [0.1, 0.15) is 43.2 Å². The molecule has 10 heteroatoms. The van der Waals surface area contributed by atoms with Crippen molar-refractivity contribution in [1.82, 2.24) is 10.4 Å². The Balaban J connectivity index is 1.29. The number of likely N-dealkylation sites (tertiary alicyclic amines) is 1. The van der Waals surface area contributed by atoms with Crippen LogP contribution in [0.15, 0.2) is 77.7 Å². The van der Waals surface area contributed by atoms with Gasteiger partial charge in [0.15, 0.2) is 14.6 Å². The van der Waals surface area contributed by atoms with Gasteiger partial charge in [0.05, 0.1) is 18.6 Å². The predicted octanol–water partition coefficient (Wildman–Crippen LogP) is 5.28. The molecule has 0 spiro atoms. The maximum Gasteiger partial charge on any atom is 0.265 e. The van der Waals surface area contributed by atoms with Crippen LogP contribution in [0.2, 0.25) is 5.02 Å². The Hall–Kier alpha value is -3.11. The molecule has 4 rings (SSSR count). The summed E-state index contributed by atoms with van der Waals surface area (Å²) >= 11 is 6.16. The molecule has 1 heterocycles. The second-order valence-electron chi connectivity index (χ2n) is 10.5. The lowest BCUT2D eigenvalue weighted by molar-refractivity contribution is -0.131. The fourth-order valence-electron chi connectivity index (χ4n) is 5.25. The first-order valence-electron chi connectivity index (χ1n) is 13.7. The maximum absolute atomic E-state index is 13.5. The first-order valence-corrected chi connectivity index (χ1v) is 15.5. The molecular formula is C31H37ClN2O6S. The van der Waals surface area contributed by atoms with E-state index < -0.39 is 20.5 Å². The molecule has 8 nitrogen and oxygen atoms in total. The van der Waals surface area contributed by atoms with Gasteiger partial charge in [-0.3, -0.25) is 10.0 Å². The van der Waals surface area contributed by atoms with E-state index in [1.165, 1.54) is 49.3 Å². The molecule has 1 unspecified atom stereocenters. The largest absolute Gasteiger partial charge is 0.497 e. The number of piperidine rings is 1. The van der Waals surface area contributed by atoms with Crippen LogP contribution < -0.4 is 15.0 Å². The molecule has 0 radical (unpaired) electrons. The summed E-state index contributed by atoms with van der Waals surface area (Å²) in [6.07, 6.45) is 2.98. The van der Waals surface area contributed by atoms with Crippen molar-refractivity contribution in [3.63, 3.8) is 0 Å². The number of sulfone groups is 1. The van der Waals surface area contributed by atoms with E-state index in [0.717, 1.165) is 43.9 Å². The fraction of sp³-hybridized carbons (Fsp3) is 0.387. The number of carbonyl (C=O) groups is 1. The summed E-state index contributed by atoms with van der Waals surface area (Å²) in [6.45, 7) is 4.92. The zero-order chi connectivity index (χ0) is 29.5. The van der Waals surface area contributed by atoms with E-state index in [4.69, 9.17) is 21.1 Å². The van der Waals surface area contributed by atoms with E-state index in [-0.39, 0.29) is 11.3 Å².